The fourth-order valence-corrected chi connectivity index (χ4v) is 2.71. The van der Waals surface area contributed by atoms with E-state index in [4.69, 9.17) is 0 Å². The van der Waals surface area contributed by atoms with E-state index in [0.29, 0.717) is 18.0 Å². The first-order chi connectivity index (χ1) is 9.16. The Kier molecular flexibility index (Phi) is 5.08. The van der Waals surface area contributed by atoms with E-state index < -0.39 is 0 Å². The molecular weight excluding hydrogens is 241 g/mol. The summed E-state index contributed by atoms with van der Waals surface area (Å²) in [4.78, 5) is 14.4. The fraction of sp³-hybridized carbons (Fsp3) is 0.562. The summed E-state index contributed by atoms with van der Waals surface area (Å²) in [5.74, 6) is -0.177. The summed E-state index contributed by atoms with van der Waals surface area (Å²) in [6.45, 7) is 4.42. The highest BCUT2D eigenvalue weighted by Crippen LogP contribution is 2.17. The first kappa shape index (κ1) is 14.2. The maximum absolute atomic E-state index is 12.8. The van der Waals surface area contributed by atoms with Crippen molar-refractivity contribution in [3.8, 4) is 0 Å². The molecule has 0 radical (unpaired) electrons. The molecule has 1 fully saturated rings. The maximum atomic E-state index is 12.8. The Morgan fingerprint density at radius 1 is 1.32 bits per heavy atom. The molecule has 1 aromatic carbocycles. The topological polar surface area (TPSA) is 20.3 Å². The lowest BCUT2D eigenvalue weighted by molar-refractivity contribution is 0.0964. The Labute approximate surface area is 114 Å². The summed E-state index contributed by atoms with van der Waals surface area (Å²) in [5.41, 5.74) is 0.619. The lowest BCUT2D eigenvalue weighted by Gasteiger charge is -2.33. The standard InChI is InChI=1S/C16H22FNO/c1-13-5-2-3-11-18(13)12-4-6-16(19)14-7-9-15(17)10-8-14/h7-10,13H,2-6,11-12H2,1H3/t13-/m0/s1. The number of benzene rings is 1. The fourth-order valence-electron chi connectivity index (χ4n) is 2.71. The van der Waals surface area contributed by atoms with Gasteiger partial charge in [0.15, 0.2) is 5.78 Å². The van der Waals surface area contributed by atoms with Crippen molar-refractivity contribution in [3.63, 3.8) is 0 Å². The Balaban J connectivity index is 1.76. The molecule has 1 saturated heterocycles. The van der Waals surface area contributed by atoms with Gasteiger partial charge in [0.25, 0.3) is 0 Å². The number of piperidine rings is 1. The van der Waals surface area contributed by atoms with E-state index >= 15 is 0 Å². The van der Waals surface area contributed by atoms with Crippen LogP contribution in [0.2, 0.25) is 0 Å². The van der Waals surface area contributed by atoms with Crippen LogP contribution in [0.15, 0.2) is 24.3 Å². The lowest BCUT2D eigenvalue weighted by Crippen LogP contribution is -2.38. The number of ketones is 1. The molecule has 1 aliphatic heterocycles. The average Bonchev–Trinajstić information content (AvgIpc) is 2.41. The van der Waals surface area contributed by atoms with Crippen molar-refractivity contribution < 1.29 is 9.18 Å². The van der Waals surface area contributed by atoms with E-state index in [1.165, 1.54) is 31.4 Å². The van der Waals surface area contributed by atoms with Gasteiger partial charge in [0.05, 0.1) is 0 Å². The van der Waals surface area contributed by atoms with Crippen LogP contribution in [0, 0.1) is 5.82 Å². The molecular formula is C16H22FNO. The van der Waals surface area contributed by atoms with Gasteiger partial charge in [0.1, 0.15) is 5.82 Å². The van der Waals surface area contributed by atoms with Crippen LogP contribution < -0.4 is 0 Å². The number of rotatable bonds is 5. The van der Waals surface area contributed by atoms with Crippen LogP contribution in [0.25, 0.3) is 0 Å². The zero-order chi connectivity index (χ0) is 13.7. The second kappa shape index (κ2) is 6.80. The molecule has 104 valence electrons. The van der Waals surface area contributed by atoms with Crippen LogP contribution in [0.5, 0.6) is 0 Å². The van der Waals surface area contributed by atoms with Gasteiger partial charge in [-0.2, -0.15) is 0 Å². The predicted molar refractivity (Wildman–Crippen MR) is 74.9 cm³/mol. The Morgan fingerprint density at radius 2 is 2.05 bits per heavy atom. The van der Waals surface area contributed by atoms with E-state index in [9.17, 15) is 9.18 Å². The van der Waals surface area contributed by atoms with Crippen LogP contribution in [0.1, 0.15) is 49.4 Å². The van der Waals surface area contributed by atoms with Gasteiger partial charge >= 0.3 is 0 Å². The largest absolute Gasteiger partial charge is 0.301 e. The number of hydrogen-bond acceptors (Lipinski definition) is 2. The zero-order valence-corrected chi connectivity index (χ0v) is 11.6. The molecule has 0 saturated carbocycles. The molecule has 1 aromatic rings. The molecule has 3 heteroatoms. The van der Waals surface area contributed by atoms with Crippen LogP contribution in [0.3, 0.4) is 0 Å². The Hall–Kier alpha value is -1.22. The monoisotopic (exact) mass is 263 g/mol. The quantitative estimate of drug-likeness (QED) is 0.756. The Morgan fingerprint density at radius 3 is 2.74 bits per heavy atom. The molecule has 0 amide bonds. The first-order valence-corrected chi connectivity index (χ1v) is 7.19. The molecule has 0 aromatic heterocycles. The number of carbonyl (C=O) groups excluding carboxylic acids is 1. The minimum Gasteiger partial charge on any atom is -0.301 e. The van der Waals surface area contributed by atoms with Gasteiger partial charge in [-0.15, -0.1) is 0 Å². The van der Waals surface area contributed by atoms with Crippen molar-refractivity contribution in [2.45, 2.75) is 45.1 Å². The molecule has 0 spiro atoms. The predicted octanol–water partition coefficient (Wildman–Crippen LogP) is 3.66. The smallest absolute Gasteiger partial charge is 0.162 e. The number of hydrogen-bond donors (Lipinski definition) is 0. The molecule has 1 aliphatic rings. The van der Waals surface area contributed by atoms with Crippen LogP contribution >= 0.6 is 0 Å². The summed E-state index contributed by atoms with van der Waals surface area (Å²) >= 11 is 0. The van der Waals surface area contributed by atoms with E-state index in [2.05, 4.69) is 11.8 Å². The van der Waals surface area contributed by atoms with Gasteiger partial charge < -0.3 is 4.90 Å². The van der Waals surface area contributed by atoms with E-state index in [0.717, 1.165) is 19.5 Å². The van der Waals surface area contributed by atoms with Gasteiger partial charge in [0, 0.05) is 18.0 Å². The summed E-state index contributed by atoms with van der Waals surface area (Å²) in [5, 5.41) is 0. The van der Waals surface area contributed by atoms with Gasteiger partial charge in [-0.05, 0) is 63.5 Å². The summed E-state index contributed by atoms with van der Waals surface area (Å²) in [6, 6.07) is 6.48. The van der Waals surface area contributed by atoms with Crippen molar-refractivity contribution in [3.05, 3.63) is 35.6 Å². The second-order valence-corrected chi connectivity index (χ2v) is 5.41. The van der Waals surface area contributed by atoms with Gasteiger partial charge in [0.2, 0.25) is 0 Å². The van der Waals surface area contributed by atoms with Crippen molar-refractivity contribution >= 4 is 5.78 Å². The first-order valence-electron chi connectivity index (χ1n) is 7.19. The molecule has 1 heterocycles. The molecule has 0 aliphatic carbocycles. The summed E-state index contributed by atoms with van der Waals surface area (Å²) < 4.78 is 12.8. The molecule has 0 bridgehead atoms. The number of Topliss-reactive ketones (excluding diaryl/α,β-unsaturated/α-hetero) is 1. The molecule has 0 unspecified atom stereocenters. The number of nitrogens with zero attached hydrogens (tertiary/aromatic N) is 1. The maximum Gasteiger partial charge on any atom is 0.162 e. The molecule has 19 heavy (non-hydrogen) atoms. The van der Waals surface area contributed by atoms with Gasteiger partial charge in [-0.1, -0.05) is 6.42 Å². The van der Waals surface area contributed by atoms with Crippen molar-refractivity contribution in [2.24, 2.45) is 0 Å². The second-order valence-electron chi connectivity index (χ2n) is 5.41. The van der Waals surface area contributed by atoms with E-state index in [-0.39, 0.29) is 11.6 Å². The molecule has 2 rings (SSSR count). The lowest BCUT2D eigenvalue weighted by atomic mass is 10.0. The third-order valence-corrected chi connectivity index (χ3v) is 3.96. The minimum absolute atomic E-state index is 0.115. The van der Waals surface area contributed by atoms with Gasteiger partial charge in [-0.3, -0.25) is 4.79 Å². The molecule has 0 N–H and O–H groups in total. The highest BCUT2D eigenvalue weighted by Gasteiger charge is 2.17. The Bertz CT molecular complexity index is 415. The van der Waals surface area contributed by atoms with E-state index in [1.807, 2.05) is 0 Å². The number of carbonyl (C=O) groups is 1. The van der Waals surface area contributed by atoms with Crippen LogP contribution in [-0.4, -0.2) is 29.8 Å². The SMILES string of the molecule is C[C@H]1CCCCN1CCCC(=O)c1ccc(F)cc1. The summed E-state index contributed by atoms with van der Waals surface area (Å²) in [7, 11) is 0. The van der Waals surface area contributed by atoms with E-state index in [1.54, 1.807) is 12.1 Å². The van der Waals surface area contributed by atoms with Crippen LogP contribution in [0.4, 0.5) is 4.39 Å². The van der Waals surface area contributed by atoms with Crippen molar-refractivity contribution in [2.75, 3.05) is 13.1 Å². The molecule has 1 atom stereocenters. The zero-order valence-electron chi connectivity index (χ0n) is 11.6. The van der Waals surface area contributed by atoms with Crippen LogP contribution in [-0.2, 0) is 0 Å². The number of halogens is 1. The van der Waals surface area contributed by atoms with Crippen molar-refractivity contribution in [1.29, 1.82) is 0 Å². The highest BCUT2D eigenvalue weighted by molar-refractivity contribution is 5.95. The molecule has 2 nitrogen and oxygen atoms in total. The third kappa shape index (κ3) is 4.13. The summed E-state index contributed by atoms with van der Waals surface area (Å²) in [6.07, 6.45) is 5.31. The number of likely N-dealkylation sites (tertiary alicyclic amines) is 1. The van der Waals surface area contributed by atoms with Gasteiger partial charge in [-0.25, -0.2) is 4.39 Å². The normalized spacial score (nSPS) is 20.4. The average molecular weight is 263 g/mol. The van der Waals surface area contributed by atoms with Crippen molar-refractivity contribution in [1.82, 2.24) is 4.90 Å². The minimum atomic E-state index is -0.293. The highest BCUT2D eigenvalue weighted by atomic mass is 19.1. The third-order valence-electron chi connectivity index (χ3n) is 3.96.